The summed E-state index contributed by atoms with van der Waals surface area (Å²) in [5.41, 5.74) is 2.09. The van der Waals surface area contributed by atoms with E-state index in [2.05, 4.69) is 18.9 Å². The molecule has 3 nitrogen and oxygen atoms in total. The molecule has 0 bridgehead atoms. The van der Waals surface area contributed by atoms with E-state index in [4.69, 9.17) is 5.11 Å². The van der Waals surface area contributed by atoms with E-state index in [0.717, 1.165) is 30.0 Å². The van der Waals surface area contributed by atoms with E-state index in [1.54, 1.807) is 6.08 Å². The highest BCUT2D eigenvalue weighted by Crippen LogP contribution is 2.38. The third kappa shape index (κ3) is 3.36. The van der Waals surface area contributed by atoms with Crippen LogP contribution in [0.4, 0.5) is 5.69 Å². The maximum absolute atomic E-state index is 10.4. The lowest BCUT2D eigenvalue weighted by molar-refractivity contribution is -0.131. The Bertz CT molecular complexity index is 450. The van der Waals surface area contributed by atoms with Crippen molar-refractivity contribution < 1.29 is 9.90 Å². The molecule has 1 fully saturated rings. The summed E-state index contributed by atoms with van der Waals surface area (Å²) in [6.07, 6.45) is 4.10. The van der Waals surface area contributed by atoms with Gasteiger partial charge in [-0.15, -0.1) is 0 Å². The first-order chi connectivity index (χ1) is 8.56. The average molecular weight is 245 g/mol. The van der Waals surface area contributed by atoms with Crippen LogP contribution in [0, 0.1) is 11.8 Å². The molecule has 0 spiro atoms. The fraction of sp³-hybridized carbons (Fsp3) is 0.400. The highest BCUT2D eigenvalue weighted by Gasteiger charge is 2.33. The minimum atomic E-state index is -0.918. The third-order valence-electron chi connectivity index (χ3n) is 3.54. The lowest BCUT2D eigenvalue weighted by Gasteiger charge is -2.19. The Balaban J connectivity index is 1.96. The topological polar surface area (TPSA) is 40.5 Å². The molecular formula is C15H19NO2. The van der Waals surface area contributed by atoms with E-state index in [1.807, 2.05) is 24.3 Å². The summed E-state index contributed by atoms with van der Waals surface area (Å²) < 4.78 is 0. The van der Waals surface area contributed by atoms with Crippen LogP contribution in [0.5, 0.6) is 0 Å². The zero-order valence-electron chi connectivity index (χ0n) is 10.8. The van der Waals surface area contributed by atoms with Crippen LogP contribution in [0.15, 0.2) is 30.3 Å². The van der Waals surface area contributed by atoms with E-state index in [0.29, 0.717) is 0 Å². The second-order valence-corrected chi connectivity index (χ2v) is 5.12. The molecule has 1 aromatic rings. The van der Waals surface area contributed by atoms with Crippen molar-refractivity contribution in [1.29, 1.82) is 0 Å². The maximum atomic E-state index is 10.4. The van der Waals surface area contributed by atoms with Crippen molar-refractivity contribution in [3.63, 3.8) is 0 Å². The van der Waals surface area contributed by atoms with Crippen molar-refractivity contribution in [2.75, 3.05) is 18.5 Å². The number of carbonyl (C=O) groups is 1. The number of benzene rings is 1. The van der Waals surface area contributed by atoms with E-state index in [1.165, 1.54) is 12.1 Å². The van der Waals surface area contributed by atoms with Crippen LogP contribution in [0.3, 0.4) is 0 Å². The lowest BCUT2D eigenvalue weighted by Crippen LogP contribution is -2.20. The van der Waals surface area contributed by atoms with Gasteiger partial charge in [-0.3, -0.25) is 0 Å². The van der Waals surface area contributed by atoms with Crippen molar-refractivity contribution in [2.24, 2.45) is 11.8 Å². The quantitative estimate of drug-likeness (QED) is 0.811. The third-order valence-corrected chi connectivity index (χ3v) is 3.54. The number of carboxylic acids is 1. The number of nitrogens with zero attached hydrogens (tertiary/aromatic N) is 1. The van der Waals surface area contributed by atoms with Gasteiger partial charge in [0.15, 0.2) is 0 Å². The molecule has 3 heteroatoms. The van der Waals surface area contributed by atoms with E-state index in [9.17, 15) is 4.79 Å². The van der Waals surface area contributed by atoms with Gasteiger partial charge in [-0.25, -0.2) is 4.79 Å². The highest BCUT2D eigenvalue weighted by molar-refractivity contribution is 5.85. The van der Waals surface area contributed by atoms with Gasteiger partial charge < -0.3 is 10.0 Å². The number of hydrogen-bond acceptors (Lipinski definition) is 2. The molecule has 18 heavy (non-hydrogen) atoms. The standard InChI is InChI=1S/C15H19NO2/c1-11-9-13(11)10-16(2)14-6-3-12(4-7-14)5-8-15(17)18/h3-8,11,13H,9-10H2,1-2H3,(H,17,18). The highest BCUT2D eigenvalue weighted by atomic mass is 16.4. The molecule has 0 saturated heterocycles. The summed E-state index contributed by atoms with van der Waals surface area (Å²) >= 11 is 0. The van der Waals surface area contributed by atoms with Gasteiger partial charge in [0.2, 0.25) is 0 Å². The molecule has 1 aliphatic rings. The normalized spacial score (nSPS) is 22.1. The minimum absolute atomic E-state index is 0.835. The smallest absolute Gasteiger partial charge is 0.328 e. The Morgan fingerprint density at radius 3 is 2.56 bits per heavy atom. The Morgan fingerprint density at radius 1 is 1.44 bits per heavy atom. The largest absolute Gasteiger partial charge is 0.478 e. The van der Waals surface area contributed by atoms with Crippen molar-refractivity contribution in [3.8, 4) is 0 Å². The molecule has 0 radical (unpaired) electrons. The van der Waals surface area contributed by atoms with Gasteiger partial charge in [0.25, 0.3) is 0 Å². The molecule has 0 aliphatic heterocycles. The molecule has 1 saturated carbocycles. The maximum Gasteiger partial charge on any atom is 0.328 e. The zero-order valence-corrected chi connectivity index (χ0v) is 10.8. The van der Waals surface area contributed by atoms with Crippen LogP contribution in [-0.4, -0.2) is 24.7 Å². The van der Waals surface area contributed by atoms with E-state index >= 15 is 0 Å². The van der Waals surface area contributed by atoms with Gasteiger partial charge >= 0.3 is 5.97 Å². The number of carboxylic acid groups (broad SMARTS) is 1. The number of anilines is 1. The van der Waals surface area contributed by atoms with Crippen molar-refractivity contribution in [1.82, 2.24) is 0 Å². The Morgan fingerprint density at radius 2 is 2.06 bits per heavy atom. The average Bonchev–Trinajstić information content (AvgIpc) is 3.03. The van der Waals surface area contributed by atoms with Crippen LogP contribution in [0.25, 0.3) is 6.08 Å². The van der Waals surface area contributed by atoms with Crippen LogP contribution >= 0.6 is 0 Å². The molecule has 1 aliphatic carbocycles. The molecule has 1 N–H and O–H groups in total. The molecule has 96 valence electrons. The summed E-state index contributed by atoms with van der Waals surface area (Å²) in [6.45, 7) is 3.39. The Kier molecular flexibility index (Phi) is 3.70. The van der Waals surface area contributed by atoms with E-state index < -0.39 is 5.97 Å². The fourth-order valence-corrected chi connectivity index (χ4v) is 2.12. The summed E-state index contributed by atoms with van der Waals surface area (Å²) in [5, 5.41) is 8.55. The van der Waals surface area contributed by atoms with Crippen LogP contribution < -0.4 is 4.90 Å². The predicted octanol–water partition coefficient (Wildman–Crippen LogP) is 2.88. The van der Waals surface area contributed by atoms with Gasteiger partial charge in [-0.05, 0) is 42.0 Å². The van der Waals surface area contributed by atoms with Crippen LogP contribution in [-0.2, 0) is 4.79 Å². The van der Waals surface area contributed by atoms with Crippen LogP contribution in [0.2, 0.25) is 0 Å². The minimum Gasteiger partial charge on any atom is -0.478 e. The summed E-state index contributed by atoms with van der Waals surface area (Å²) in [5.74, 6) is 0.783. The molecular weight excluding hydrogens is 226 g/mol. The van der Waals surface area contributed by atoms with Crippen molar-refractivity contribution in [2.45, 2.75) is 13.3 Å². The molecule has 0 aromatic heterocycles. The molecule has 2 unspecified atom stereocenters. The first kappa shape index (κ1) is 12.7. The number of rotatable bonds is 5. The van der Waals surface area contributed by atoms with Crippen molar-refractivity contribution in [3.05, 3.63) is 35.9 Å². The van der Waals surface area contributed by atoms with Gasteiger partial charge in [-0.1, -0.05) is 19.1 Å². The first-order valence-electron chi connectivity index (χ1n) is 6.28. The van der Waals surface area contributed by atoms with Gasteiger partial charge in [0.1, 0.15) is 0 Å². The summed E-state index contributed by atoms with van der Waals surface area (Å²) in [4.78, 5) is 12.7. The van der Waals surface area contributed by atoms with Gasteiger partial charge in [-0.2, -0.15) is 0 Å². The predicted molar refractivity (Wildman–Crippen MR) is 73.7 cm³/mol. The molecule has 1 aromatic carbocycles. The van der Waals surface area contributed by atoms with Crippen molar-refractivity contribution >= 4 is 17.7 Å². The first-order valence-corrected chi connectivity index (χ1v) is 6.28. The number of hydrogen-bond donors (Lipinski definition) is 1. The number of aliphatic carboxylic acids is 1. The van der Waals surface area contributed by atoms with Gasteiger partial charge in [0, 0.05) is 25.4 Å². The SMILES string of the molecule is CC1CC1CN(C)c1ccc(C=CC(=O)O)cc1. The molecule has 2 atom stereocenters. The molecule has 2 rings (SSSR count). The second-order valence-electron chi connectivity index (χ2n) is 5.12. The lowest BCUT2D eigenvalue weighted by atomic mass is 10.2. The zero-order chi connectivity index (χ0) is 13.1. The monoisotopic (exact) mass is 245 g/mol. The van der Waals surface area contributed by atoms with Gasteiger partial charge in [0.05, 0.1) is 0 Å². The summed E-state index contributed by atoms with van der Waals surface area (Å²) in [6, 6.07) is 7.96. The fourth-order valence-electron chi connectivity index (χ4n) is 2.12. The molecule has 0 amide bonds. The summed E-state index contributed by atoms with van der Waals surface area (Å²) in [7, 11) is 2.10. The second kappa shape index (κ2) is 5.25. The van der Waals surface area contributed by atoms with E-state index in [-0.39, 0.29) is 0 Å². The Labute approximate surface area is 108 Å². The van der Waals surface area contributed by atoms with Crippen LogP contribution in [0.1, 0.15) is 18.9 Å². The molecule has 0 heterocycles. The Hall–Kier alpha value is -1.77.